The number of phenolic OH excluding ortho intramolecular Hbond substituents is 1. The van der Waals surface area contributed by atoms with E-state index < -0.39 is 0 Å². The zero-order valence-corrected chi connectivity index (χ0v) is 14.0. The number of aromatic hydroxyl groups is 1. The maximum Gasteiger partial charge on any atom is 0.123 e. The van der Waals surface area contributed by atoms with Crippen LogP contribution < -0.4 is 0 Å². The molecule has 0 aliphatic heterocycles. The first-order valence-electron chi connectivity index (χ1n) is 7.98. The second kappa shape index (κ2) is 5.09. The Balaban J connectivity index is 2.60. The van der Waals surface area contributed by atoms with Gasteiger partial charge in [-0.3, -0.25) is 0 Å². The van der Waals surface area contributed by atoms with Crippen molar-refractivity contribution in [1.82, 2.24) is 0 Å². The van der Waals surface area contributed by atoms with E-state index in [-0.39, 0.29) is 10.8 Å². The summed E-state index contributed by atoms with van der Waals surface area (Å²) < 4.78 is 0. The first kappa shape index (κ1) is 15.4. The number of phenols is 1. The lowest BCUT2D eigenvalue weighted by atomic mass is 9.77. The molecule has 1 aliphatic rings. The fourth-order valence-electron chi connectivity index (χ4n) is 3.30. The third kappa shape index (κ3) is 3.02. The largest absolute Gasteiger partial charge is 0.507 e. The van der Waals surface area contributed by atoms with Gasteiger partial charge in [-0.1, -0.05) is 66.5 Å². The number of hydrogen-bond acceptors (Lipinski definition) is 1. The molecule has 1 heteroatoms. The molecular weight excluding hydrogens is 244 g/mol. The van der Waals surface area contributed by atoms with Gasteiger partial charge >= 0.3 is 0 Å². The average Bonchev–Trinajstić information content (AvgIpc) is 2.79. The van der Waals surface area contributed by atoms with E-state index in [0.717, 1.165) is 11.1 Å². The van der Waals surface area contributed by atoms with E-state index in [2.05, 4.69) is 53.7 Å². The van der Waals surface area contributed by atoms with Crippen molar-refractivity contribution >= 4 is 0 Å². The zero-order chi connectivity index (χ0) is 15.1. The Kier molecular flexibility index (Phi) is 3.92. The maximum atomic E-state index is 10.7. The SMILES string of the molecule is CC(C)(C)c1cc(C2CCCC2)cc(C(C)(C)C)c1O. The van der Waals surface area contributed by atoms with Crippen molar-refractivity contribution in [3.63, 3.8) is 0 Å². The second-order valence-electron chi connectivity index (χ2n) is 8.45. The summed E-state index contributed by atoms with van der Waals surface area (Å²) in [6, 6.07) is 4.53. The molecular formula is C19H30O. The van der Waals surface area contributed by atoms with Crippen LogP contribution in [-0.2, 0) is 10.8 Å². The minimum atomic E-state index is -0.0152. The molecule has 1 fully saturated rings. The van der Waals surface area contributed by atoms with E-state index in [1.165, 1.54) is 31.2 Å². The summed E-state index contributed by atoms with van der Waals surface area (Å²) >= 11 is 0. The van der Waals surface area contributed by atoms with Crippen LogP contribution in [0.4, 0.5) is 0 Å². The summed E-state index contributed by atoms with van der Waals surface area (Å²) in [5.74, 6) is 1.20. The summed E-state index contributed by atoms with van der Waals surface area (Å²) in [6.45, 7) is 13.1. The molecule has 0 spiro atoms. The smallest absolute Gasteiger partial charge is 0.123 e. The van der Waals surface area contributed by atoms with Crippen LogP contribution in [0.25, 0.3) is 0 Å². The Bertz CT molecular complexity index is 444. The lowest BCUT2D eigenvalue weighted by molar-refractivity contribution is 0.422. The van der Waals surface area contributed by atoms with Crippen molar-refractivity contribution in [3.05, 3.63) is 28.8 Å². The third-order valence-corrected chi connectivity index (χ3v) is 4.57. The Morgan fingerprint density at radius 2 is 1.25 bits per heavy atom. The van der Waals surface area contributed by atoms with Crippen LogP contribution in [0.3, 0.4) is 0 Å². The normalized spacial score (nSPS) is 17.7. The van der Waals surface area contributed by atoms with Gasteiger partial charge in [0.05, 0.1) is 0 Å². The predicted molar refractivity (Wildman–Crippen MR) is 86.7 cm³/mol. The molecule has 0 saturated heterocycles. The molecule has 0 amide bonds. The van der Waals surface area contributed by atoms with Crippen LogP contribution >= 0.6 is 0 Å². The highest BCUT2D eigenvalue weighted by Crippen LogP contribution is 2.43. The van der Waals surface area contributed by atoms with Gasteiger partial charge in [-0.05, 0) is 46.3 Å². The van der Waals surface area contributed by atoms with Crippen molar-refractivity contribution < 1.29 is 5.11 Å². The van der Waals surface area contributed by atoms with Crippen LogP contribution in [0.15, 0.2) is 12.1 Å². The van der Waals surface area contributed by atoms with Gasteiger partial charge in [0.2, 0.25) is 0 Å². The minimum absolute atomic E-state index is 0.0152. The molecule has 1 nitrogen and oxygen atoms in total. The molecule has 2 rings (SSSR count). The first-order valence-corrected chi connectivity index (χ1v) is 7.98. The summed E-state index contributed by atoms with van der Waals surface area (Å²) in [7, 11) is 0. The van der Waals surface area contributed by atoms with E-state index >= 15 is 0 Å². The van der Waals surface area contributed by atoms with E-state index in [1.54, 1.807) is 0 Å². The van der Waals surface area contributed by atoms with Crippen LogP contribution in [0.2, 0.25) is 0 Å². The van der Waals surface area contributed by atoms with Gasteiger partial charge in [0.25, 0.3) is 0 Å². The van der Waals surface area contributed by atoms with E-state index in [0.29, 0.717) is 11.7 Å². The topological polar surface area (TPSA) is 20.2 Å². The molecule has 20 heavy (non-hydrogen) atoms. The first-order chi connectivity index (χ1) is 9.10. The molecule has 1 aromatic rings. The third-order valence-electron chi connectivity index (χ3n) is 4.57. The molecule has 0 unspecified atom stereocenters. The predicted octanol–water partition coefficient (Wildman–Crippen LogP) is 5.64. The van der Waals surface area contributed by atoms with Gasteiger partial charge in [0.1, 0.15) is 5.75 Å². The van der Waals surface area contributed by atoms with Crippen LogP contribution in [0.1, 0.15) is 89.8 Å². The molecule has 0 heterocycles. The molecule has 1 saturated carbocycles. The molecule has 112 valence electrons. The van der Waals surface area contributed by atoms with Crippen LogP contribution in [0, 0.1) is 0 Å². The number of hydrogen-bond donors (Lipinski definition) is 1. The Morgan fingerprint density at radius 1 is 0.850 bits per heavy atom. The Hall–Kier alpha value is -0.980. The van der Waals surface area contributed by atoms with Crippen molar-refractivity contribution in [3.8, 4) is 5.75 Å². The molecule has 1 aromatic carbocycles. The fourth-order valence-corrected chi connectivity index (χ4v) is 3.30. The lowest BCUT2D eigenvalue weighted by Crippen LogP contribution is -2.18. The molecule has 0 radical (unpaired) electrons. The van der Waals surface area contributed by atoms with Crippen molar-refractivity contribution in [2.75, 3.05) is 0 Å². The van der Waals surface area contributed by atoms with Crippen molar-refractivity contribution in [2.45, 2.75) is 84.0 Å². The van der Waals surface area contributed by atoms with Crippen LogP contribution in [0.5, 0.6) is 5.75 Å². The Morgan fingerprint density at radius 3 is 1.60 bits per heavy atom. The van der Waals surface area contributed by atoms with Gasteiger partial charge in [0, 0.05) is 0 Å². The van der Waals surface area contributed by atoms with Gasteiger partial charge in [0.15, 0.2) is 0 Å². The summed E-state index contributed by atoms with van der Waals surface area (Å²) in [5.41, 5.74) is 3.62. The lowest BCUT2D eigenvalue weighted by Gasteiger charge is -2.29. The van der Waals surface area contributed by atoms with Crippen molar-refractivity contribution in [2.24, 2.45) is 0 Å². The second-order valence-corrected chi connectivity index (χ2v) is 8.45. The molecule has 1 aliphatic carbocycles. The molecule has 1 N–H and O–H groups in total. The van der Waals surface area contributed by atoms with E-state index in [1.807, 2.05) is 0 Å². The highest BCUT2D eigenvalue weighted by molar-refractivity contribution is 5.50. The molecule has 0 atom stereocenters. The number of benzene rings is 1. The van der Waals surface area contributed by atoms with Crippen molar-refractivity contribution in [1.29, 1.82) is 0 Å². The Labute approximate surface area is 124 Å². The molecule has 0 aromatic heterocycles. The minimum Gasteiger partial charge on any atom is -0.507 e. The highest BCUT2D eigenvalue weighted by atomic mass is 16.3. The van der Waals surface area contributed by atoms with E-state index in [4.69, 9.17) is 0 Å². The highest BCUT2D eigenvalue weighted by Gasteiger charge is 2.28. The summed E-state index contributed by atoms with van der Waals surface area (Å²) in [5, 5.41) is 10.7. The monoisotopic (exact) mass is 274 g/mol. The van der Waals surface area contributed by atoms with Gasteiger partial charge in [-0.25, -0.2) is 0 Å². The van der Waals surface area contributed by atoms with Gasteiger partial charge in [-0.2, -0.15) is 0 Å². The fraction of sp³-hybridized carbons (Fsp3) is 0.684. The van der Waals surface area contributed by atoms with Gasteiger partial charge in [-0.15, -0.1) is 0 Å². The maximum absolute atomic E-state index is 10.7. The standard InChI is InChI=1S/C19H30O/c1-18(2,3)15-11-14(13-9-7-8-10-13)12-16(17(15)20)19(4,5)6/h11-13,20H,7-10H2,1-6H3. The van der Waals surface area contributed by atoms with Gasteiger partial charge < -0.3 is 5.11 Å². The summed E-state index contributed by atoms with van der Waals surface area (Å²) in [4.78, 5) is 0. The summed E-state index contributed by atoms with van der Waals surface area (Å²) in [6.07, 6.45) is 5.30. The zero-order valence-electron chi connectivity index (χ0n) is 14.0. The van der Waals surface area contributed by atoms with E-state index in [9.17, 15) is 5.11 Å². The quantitative estimate of drug-likeness (QED) is 0.702. The molecule has 0 bridgehead atoms. The average molecular weight is 274 g/mol. The van der Waals surface area contributed by atoms with Crippen LogP contribution in [-0.4, -0.2) is 5.11 Å². The number of rotatable bonds is 1.